The summed E-state index contributed by atoms with van der Waals surface area (Å²) >= 11 is 0. The maximum absolute atomic E-state index is 4.23. The molecular formula is C10H14N. The van der Waals surface area contributed by atoms with E-state index < -0.39 is 0 Å². The molecule has 0 N–H and O–H groups in total. The Labute approximate surface area is 68.4 Å². The molecule has 0 heterocycles. The molecule has 1 rings (SSSR count). The summed E-state index contributed by atoms with van der Waals surface area (Å²) in [5.41, 5.74) is 5.02. The number of aryl methyl sites for hydroxylation is 2. The van der Waals surface area contributed by atoms with E-state index >= 15 is 0 Å². The minimum absolute atomic E-state index is 1.14. The van der Waals surface area contributed by atoms with Crippen LogP contribution in [0.3, 0.4) is 0 Å². The molecule has 0 bridgehead atoms. The standard InChI is InChI=1S/C10H14N/c1-7-5-6-8(2)10(11-4)9(7)3/h5-6H,1-4H3. The van der Waals surface area contributed by atoms with E-state index in [1.54, 1.807) is 0 Å². The van der Waals surface area contributed by atoms with Crippen molar-refractivity contribution in [3.8, 4) is 0 Å². The van der Waals surface area contributed by atoms with Gasteiger partial charge >= 0.3 is 0 Å². The van der Waals surface area contributed by atoms with Crippen molar-refractivity contribution in [2.75, 3.05) is 7.05 Å². The smallest absolute Gasteiger partial charge is 0.0631 e. The van der Waals surface area contributed by atoms with Crippen molar-refractivity contribution < 1.29 is 0 Å². The molecule has 0 unspecified atom stereocenters. The molecular weight excluding hydrogens is 134 g/mol. The molecule has 1 radical (unpaired) electrons. The quantitative estimate of drug-likeness (QED) is 0.581. The molecule has 1 nitrogen and oxygen atoms in total. The summed E-state index contributed by atoms with van der Waals surface area (Å²) in [4.78, 5) is 0. The second kappa shape index (κ2) is 2.95. The first-order valence-corrected chi connectivity index (χ1v) is 3.83. The largest absolute Gasteiger partial charge is 0.288 e. The summed E-state index contributed by atoms with van der Waals surface area (Å²) in [5.74, 6) is 0. The van der Waals surface area contributed by atoms with Crippen LogP contribution in [-0.4, -0.2) is 7.05 Å². The van der Waals surface area contributed by atoms with Gasteiger partial charge in [0.2, 0.25) is 0 Å². The van der Waals surface area contributed by atoms with E-state index in [0.29, 0.717) is 0 Å². The van der Waals surface area contributed by atoms with Crippen LogP contribution in [0.1, 0.15) is 16.7 Å². The molecule has 0 spiro atoms. The van der Waals surface area contributed by atoms with Crippen LogP contribution < -0.4 is 5.32 Å². The first kappa shape index (κ1) is 8.12. The summed E-state index contributed by atoms with van der Waals surface area (Å²) in [7, 11) is 1.84. The predicted octanol–water partition coefficient (Wildman–Crippen LogP) is 2.48. The van der Waals surface area contributed by atoms with E-state index in [4.69, 9.17) is 0 Å². The molecule has 0 aliphatic heterocycles. The second-order valence-corrected chi connectivity index (χ2v) is 2.90. The monoisotopic (exact) mass is 148 g/mol. The van der Waals surface area contributed by atoms with Crippen molar-refractivity contribution in [3.63, 3.8) is 0 Å². The van der Waals surface area contributed by atoms with Crippen molar-refractivity contribution in [1.29, 1.82) is 0 Å². The highest BCUT2D eigenvalue weighted by Gasteiger charge is 2.02. The zero-order chi connectivity index (χ0) is 8.43. The lowest BCUT2D eigenvalue weighted by Gasteiger charge is -2.08. The molecule has 11 heavy (non-hydrogen) atoms. The van der Waals surface area contributed by atoms with E-state index in [0.717, 1.165) is 5.69 Å². The summed E-state index contributed by atoms with van der Waals surface area (Å²) < 4.78 is 0. The van der Waals surface area contributed by atoms with Gasteiger partial charge in [0.15, 0.2) is 0 Å². The van der Waals surface area contributed by atoms with Crippen molar-refractivity contribution >= 4 is 5.69 Å². The van der Waals surface area contributed by atoms with Crippen LogP contribution >= 0.6 is 0 Å². The topological polar surface area (TPSA) is 14.1 Å². The first-order valence-electron chi connectivity index (χ1n) is 3.83. The molecule has 59 valence electrons. The lowest BCUT2D eigenvalue weighted by atomic mass is 10.0. The molecule has 0 atom stereocenters. The summed E-state index contributed by atoms with van der Waals surface area (Å²) in [6.07, 6.45) is 0. The fourth-order valence-electron chi connectivity index (χ4n) is 1.28. The van der Waals surface area contributed by atoms with Crippen LogP contribution in [0.4, 0.5) is 5.69 Å². The molecule has 0 aliphatic rings. The Bertz CT molecular complexity index is 264. The van der Waals surface area contributed by atoms with Gasteiger partial charge in [-0.05, 0) is 37.5 Å². The third-order valence-corrected chi connectivity index (χ3v) is 2.13. The van der Waals surface area contributed by atoms with Crippen LogP contribution in [0.15, 0.2) is 12.1 Å². The van der Waals surface area contributed by atoms with Crippen LogP contribution in [0, 0.1) is 20.8 Å². The summed E-state index contributed by atoms with van der Waals surface area (Å²) in [6.45, 7) is 6.32. The lowest BCUT2D eigenvalue weighted by molar-refractivity contribution is 1.05. The van der Waals surface area contributed by atoms with Crippen LogP contribution in [0.25, 0.3) is 0 Å². The molecule has 0 saturated heterocycles. The number of hydrogen-bond donors (Lipinski definition) is 0. The van der Waals surface area contributed by atoms with Crippen molar-refractivity contribution in [3.05, 3.63) is 28.8 Å². The van der Waals surface area contributed by atoms with Crippen molar-refractivity contribution in [2.45, 2.75) is 20.8 Å². The third kappa shape index (κ3) is 1.37. The Morgan fingerprint density at radius 3 is 2.00 bits per heavy atom. The van der Waals surface area contributed by atoms with Gasteiger partial charge in [-0.2, -0.15) is 0 Å². The van der Waals surface area contributed by atoms with Gasteiger partial charge in [-0.1, -0.05) is 12.1 Å². The molecule has 0 fully saturated rings. The number of nitrogens with zero attached hydrogens (tertiary/aromatic N) is 1. The molecule has 0 saturated carbocycles. The Hall–Kier alpha value is -0.980. The highest BCUT2D eigenvalue weighted by molar-refractivity contribution is 5.53. The number of benzene rings is 1. The lowest BCUT2D eigenvalue weighted by Crippen LogP contribution is -1.95. The highest BCUT2D eigenvalue weighted by Crippen LogP contribution is 2.22. The van der Waals surface area contributed by atoms with E-state index in [2.05, 4.69) is 38.2 Å². The number of rotatable bonds is 1. The first-order chi connectivity index (χ1) is 5.16. The van der Waals surface area contributed by atoms with Crippen LogP contribution in [-0.2, 0) is 0 Å². The van der Waals surface area contributed by atoms with Gasteiger partial charge in [-0.15, -0.1) is 0 Å². The molecule has 0 amide bonds. The zero-order valence-electron chi connectivity index (χ0n) is 7.60. The average Bonchev–Trinajstić information content (AvgIpc) is 1.99. The van der Waals surface area contributed by atoms with E-state index in [-0.39, 0.29) is 0 Å². The van der Waals surface area contributed by atoms with Gasteiger partial charge in [0.25, 0.3) is 0 Å². The van der Waals surface area contributed by atoms with Gasteiger partial charge in [-0.25, -0.2) is 0 Å². The van der Waals surface area contributed by atoms with Gasteiger partial charge in [0, 0.05) is 7.05 Å². The molecule has 1 aromatic carbocycles. The number of hydrogen-bond acceptors (Lipinski definition) is 0. The fourth-order valence-corrected chi connectivity index (χ4v) is 1.28. The average molecular weight is 148 g/mol. The van der Waals surface area contributed by atoms with Crippen LogP contribution in [0.2, 0.25) is 0 Å². The maximum Gasteiger partial charge on any atom is 0.0631 e. The molecule has 1 heteroatoms. The van der Waals surface area contributed by atoms with Crippen LogP contribution in [0.5, 0.6) is 0 Å². The molecule has 0 aliphatic carbocycles. The summed E-state index contributed by atoms with van der Waals surface area (Å²) in [5, 5.41) is 4.23. The SMILES string of the molecule is C[N]c1c(C)ccc(C)c1C. The Kier molecular flexibility index (Phi) is 2.18. The minimum Gasteiger partial charge on any atom is -0.288 e. The zero-order valence-corrected chi connectivity index (χ0v) is 7.60. The Morgan fingerprint density at radius 2 is 1.55 bits per heavy atom. The molecule has 0 aromatic heterocycles. The highest BCUT2D eigenvalue weighted by atomic mass is 14.8. The predicted molar refractivity (Wildman–Crippen MR) is 48.4 cm³/mol. The fraction of sp³-hybridized carbons (Fsp3) is 0.400. The third-order valence-electron chi connectivity index (χ3n) is 2.13. The second-order valence-electron chi connectivity index (χ2n) is 2.90. The van der Waals surface area contributed by atoms with Gasteiger partial charge in [0.05, 0.1) is 5.69 Å². The van der Waals surface area contributed by atoms with Crippen molar-refractivity contribution in [1.82, 2.24) is 5.32 Å². The molecule has 1 aromatic rings. The van der Waals surface area contributed by atoms with Gasteiger partial charge < -0.3 is 0 Å². The van der Waals surface area contributed by atoms with E-state index in [1.807, 2.05) is 7.05 Å². The van der Waals surface area contributed by atoms with Crippen molar-refractivity contribution in [2.24, 2.45) is 0 Å². The van der Waals surface area contributed by atoms with Gasteiger partial charge in [-0.3, -0.25) is 5.32 Å². The normalized spacial score (nSPS) is 9.82. The maximum atomic E-state index is 4.23. The van der Waals surface area contributed by atoms with E-state index in [1.165, 1.54) is 16.7 Å². The minimum atomic E-state index is 1.14. The van der Waals surface area contributed by atoms with Gasteiger partial charge in [0.1, 0.15) is 0 Å². The summed E-state index contributed by atoms with van der Waals surface area (Å²) in [6, 6.07) is 4.25. The Morgan fingerprint density at radius 1 is 1.00 bits per heavy atom. The van der Waals surface area contributed by atoms with E-state index in [9.17, 15) is 0 Å². The Balaban J connectivity index is 3.29.